The fourth-order valence-corrected chi connectivity index (χ4v) is 1.37. The van der Waals surface area contributed by atoms with E-state index in [0.717, 1.165) is 19.3 Å². The number of rotatable bonds is 5. The largest absolute Gasteiger partial charge is 0.506 e. The topological polar surface area (TPSA) is 61.4 Å². The molecule has 0 spiro atoms. The first-order valence-corrected chi connectivity index (χ1v) is 5.67. The molecule has 0 aliphatic carbocycles. The van der Waals surface area contributed by atoms with Crippen LogP contribution in [0.2, 0.25) is 0 Å². The van der Waals surface area contributed by atoms with Crippen LogP contribution in [0.25, 0.3) is 0 Å². The highest BCUT2D eigenvalue weighted by atomic mass is 19.1. The number of benzene rings is 1. The highest BCUT2D eigenvalue weighted by Gasteiger charge is 2.10. The Morgan fingerprint density at radius 1 is 1.41 bits per heavy atom. The molecule has 0 aliphatic heterocycles. The van der Waals surface area contributed by atoms with Crippen LogP contribution >= 0.6 is 0 Å². The molecule has 1 rings (SSSR count). The van der Waals surface area contributed by atoms with Crippen LogP contribution in [-0.2, 0) is 0 Å². The Bertz CT molecular complexity index is 363. The zero-order valence-electron chi connectivity index (χ0n) is 9.79. The van der Waals surface area contributed by atoms with Crippen molar-refractivity contribution < 1.29 is 14.3 Å². The Morgan fingerprint density at radius 3 is 2.82 bits per heavy atom. The van der Waals surface area contributed by atoms with E-state index in [2.05, 4.69) is 17.6 Å². The molecule has 0 heterocycles. The van der Waals surface area contributed by atoms with Gasteiger partial charge in [0, 0.05) is 6.54 Å². The molecule has 1 aromatic rings. The fourth-order valence-electron chi connectivity index (χ4n) is 1.37. The van der Waals surface area contributed by atoms with Crippen molar-refractivity contribution in [1.29, 1.82) is 0 Å². The van der Waals surface area contributed by atoms with E-state index in [1.54, 1.807) is 0 Å². The molecule has 5 heteroatoms. The molecule has 3 N–H and O–H groups in total. The van der Waals surface area contributed by atoms with Crippen LogP contribution in [0.1, 0.15) is 26.2 Å². The summed E-state index contributed by atoms with van der Waals surface area (Å²) in [6.07, 6.45) is 2.98. The second kappa shape index (κ2) is 6.73. The average molecular weight is 240 g/mol. The number of halogens is 1. The first-order valence-electron chi connectivity index (χ1n) is 5.67. The number of amides is 2. The van der Waals surface area contributed by atoms with Crippen molar-refractivity contribution >= 4 is 11.7 Å². The summed E-state index contributed by atoms with van der Waals surface area (Å²) in [6.45, 7) is 2.60. The molecule has 0 unspecified atom stereocenters. The van der Waals surface area contributed by atoms with Gasteiger partial charge in [0.1, 0.15) is 11.4 Å². The molecular weight excluding hydrogens is 223 g/mol. The molecule has 17 heavy (non-hydrogen) atoms. The van der Waals surface area contributed by atoms with Gasteiger partial charge in [-0.1, -0.05) is 25.8 Å². The number of phenols is 1. The number of unbranched alkanes of at least 4 members (excludes halogenated alkanes) is 2. The lowest BCUT2D eigenvalue weighted by atomic mass is 10.2. The quantitative estimate of drug-likeness (QED) is 0.547. The molecule has 1 aromatic carbocycles. The predicted molar refractivity (Wildman–Crippen MR) is 64.6 cm³/mol. The van der Waals surface area contributed by atoms with E-state index in [-0.39, 0.29) is 11.4 Å². The highest BCUT2D eigenvalue weighted by Crippen LogP contribution is 2.25. The maximum absolute atomic E-state index is 13.3. The fraction of sp³-hybridized carbons (Fsp3) is 0.417. The first kappa shape index (κ1) is 13.3. The van der Waals surface area contributed by atoms with Gasteiger partial charge in [-0.3, -0.25) is 0 Å². The molecule has 0 saturated carbocycles. The van der Waals surface area contributed by atoms with Crippen molar-refractivity contribution in [3.8, 4) is 5.75 Å². The number of phenolic OH excluding ortho intramolecular Hbond substituents is 1. The van der Waals surface area contributed by atoms with Gasteiger partial charge in [-0.05, 0) is 18.6 Å². The minimum absolute atomic E-state index is 0.194. The second-order valence-corrected chi connectivity index (χ2v) is 3.72. The molecule has 0 aromatic heterocycles. The van der Waals surface area contributed by atoms with Gasteiger partial charge in [0.15, 0.2) is 5.82 Å². The van der Waals surface area contributed by atoms with Crippen molar-refractivity contribution in [2.75, 3.05) is 11.9 Å². The van der Waals surface area contributed by atoms with Crippen LogP contribution in [0.4, 0.5) is 14.9 Å². The molecule has 4 nitrogen and oxygen atoms in total. The molecule has 94 valence electrons. The van der Waals surface area contributed by atoms with Gasteiger partial charge in [0.2, 0.25) is 0 Å². The standard InChI is InChI=1S/C12H17FN2O2/c1-2-3-4-8-14-12(17)15-11-9(13)6-5-7-10(11)16/h5-7,16H,2-4,8H2,1H3,(H2,14,15,17). The summed E-state index contributed by atoms with van der Waals surface area (Å²) >= 11 is 0. The van der Waals surface area contributed by atoms with Crippen LogP contribution in [0, 0.1) is 5.82 Å². The number of nitrogens with one attached hydrogen (secondary N) is 2. The zero-order valence-corrected chi connectivity index (χ0v) is 9.79. The van der Waals surface area contributed by atoms with E-state index in [1.807, 2.05) is 0 Å². The number of hydrogen-bond donors (Lipinski definition) is 3. The third-order valence-electron chi connectivity index (χ3n) is 2.30. The van der Waals surface area contributed by atoms with Gasteiger partial charge in [0.05, 0.1) is 0 Å². The number of anilines is 1. The van der Waals surface area contributed by atoms with Crippen molar-refractivity contribution in [2.45, 2.75) is 26.2 Å². The van der Waals surface area contributed by atoms with E-state index < -0.39 is 11.8 Å². The molecule has 2 amide bonds. The minimum atomic E-state index is -0.659. The van der Waals surface area contributed by atoms with Crippen LogP contribution in [-0.4, -0.2) is 17.7 Å². The zero-order chi connectivity index (χ0) is 12.7. The number of para-hydroxylation sites is 1. The number of carbonyl (C=O) groups excluding carboxylic acids is 1. The highest BCUT2D eigenvalue weighted by molar-refractivity contribution is 5.90. The van der Waals surface area contributed by atoms with Gasteiger partial charge in [-0.15, -0.1) is 0 Å². The Balaban J connectivity index is 2.45. The van der Waals surface area contributed by atoms with Crippen LogP contribution in [0.5, 0.6) is 5.75 Å². The third kappa shape index (κ3) is 4.30. The Morgan fingerprint density at radius 2 is 2.18 bits per heavy atom. The molecule has 0 saturated heterocycles. The molecule has 0 bridgehead atoms. The maximum atomic E-state index is 13.3. The predicted octanol–water partition coefficient (Wildman–Crippen LogP) is 2.84. The smallest absolute Gasteiger partial charge is 0.319 e. The summed E-state index contributed by atoms with van der Waals surface area (Å²) in [5.74, 6) is -0.942. The maximum Gasteiger partial charge on any atom is 0.319 e. The van der Waals surface area contributed by atoms with Crippen LogP contribution in [0.3, 0.4) is 0 Å². The van der Waals surface area contributed by atoms with Crippen LogP contribution < -0.4 is 10.6 Å². The summed E-state index contributed by atoms with van der Waals surface area (Å²) in [6, 6.07) is 3.35. The monoisotopic (exact) mass is 240 g/mol. The van der Waals surface area contributed by atoms with Crippen molar-refractivity contribution in [2.24, 2.45) is 0 Å². The van der Waals surface area contributed by atoms with Gasteiger partial charge >= 0.3 is 6.03 Å². The van der Waals surface area contributed by atoms with Crippen LogP contribution in [0.15, 0.2) is 18.2 Å². The summed E-state index contributed by atoms with van der Waals surface area (Å²) in [4.78, 5) is 11.4. The van der Waals surface area contributed by atoms with Gasteiger partial charge in [-0.2, -0.15) is 0 Å². The Labute approximate surface area is 99.8 Å². The van der Waals surface area contributed by atoms with E-state index in [9.17, 15) is 14.3 Å². The number of aromatic hydroxyl groups is 1. The number of hydrogen-bond acceptors (Lipinski definition) is 2. The SMILES string of the molecule is CCCCCNC(=O)Nc1c(O)cccc1F. The molecular formula is C12H17FN2O2. The summed E-state index contributed by atoms with van der Waals surface area (Å²) in [5.41, 5.74) is -0.194. The van der Waals surface area contributed by atoms with Gasteiger partial charge < -0.3 is 15.7 Å². The second-order valence-electron chi connectivity index (χ2n) is 3.72. The lowest BCUT2D eigenvalue weighted by Crippen LogP contribution is -2.29. The summed E-state index contributed by atoms with van der Waals surface area (Å²) in [7, 11) is 0. The first-order chi connectivity index (χ1) is 8.15. The van der Waals surface area contributed by atoms with Gasteiger partial charge in [0.25, 0.3) is 0 Å². The third-order valence-corrected chi connectivity index (χ3v) is 2.30. The van der Waals surface area contributed by atoms with E-state index in [1.165, 1.54) is 18.2 Å². The summed E-state index contributed by atoms with van der Waals surface area (Å²) < 4.78 is 13.3. The van der Waals surface area contributed by atoms with Gasteiger partial charge in [-0.25, -0.2) is 9.18 Å². The Kier molecular flexibility index (Phi) is 5.26. The van der Waals surface area contributed by atoms with E-state index in [4.69, 9.17) is 0 Å². The number of urea groups is 1. The Hall–Kier alpha value is -1.78. The molecule has 0 atom stereocenters. The normalized spacial score (nSPS) is 10.0. The lowest BCUT2D eigenvalue weighted by Gasteiger charge is -2.09. The minimum Gasteiger partial charge on any atom is -0.506 e. The van der Waals surface area contributed by atoms with E-state index >= 15 is 0 Å². The molecule has 0 fully saturated rings. The number of carbonyl (C=O) groups is 1. The average Bonchev–Trinajstić information content (AvgIpc) is 2.30. The summed E-state index contributed by atoms with van der Waals surface area (Å²) in [5, 5.41) is 14.2. The lowest BCUT2D eigenvalue weighted by molar-refractivity contribution is 0.251. The molecule has 0 aliphatic rings. The van der Waals surface area contributed by atoms with Crippen molar-refractivity contribution in [3.05, 3.63) is 24.0 Å². The van der Waals surface area contributed by atoms with Crippen molar-refractivity contribution in [3.63, 3.8) is 0 Å². The molecule has 0 radical (unpaired) electrons. The van der Waals surface area contributed by atoms with E-state index in [0.29, 0.717) is 6.54 Å². The van der Waals surface area contributed by atoms with Crippen molar-refractivity contribution in [1.82, 2.24) is 5.32 Å².